The summed E-state index contributed by atoms with van der Waals surface area (Å²) in [5.41, 5.74) is 3.72. The van der Waals surface area contributed by atoms with Gasteiger partial charge in [0.05, 0.1) is 10.6 Å². The molecule has 2 aromatic carbocycles. The summed E-state index contributed by atoms with van der Waals surface area (Å²) < 4.78 is 5.91. The summed E-state index contributed by atoms with van der Waals surface area (Å²) in [6.45, 7) is 2.24. The fraction of sp³-hybridized carbons (Fsp3) is 0.235. The van der Waals surface area contributed by atoms with Gasteiger partial charge in [-0.25, -0.2) is 4.98 Å². The molecule has 21 heavy (non-hydrogen) atoms. The predicted octanol–water partition coefficient (Wildman–Crippen LogP) is 4.75. The molecule has 0 atom stereocenters. The van der Waals surface area contributed by atoms with Crippen molar-refractivity contribution in [3.63, 3.8) is 0 Å². The van der Waals surface area contributed by atoms with E-state index in [1.165, 1.54) is 18.5 Å². The number of anilines is 1. The van der Waals surface area contributed by atoms with Gasteiger partial charge in [-0.2, -0.15) is 0 Å². The molecule has 0 bridgehead atoms. The van der Waals surface area contributed by atoms with Gasteiger partial charge in [-0.1, -0.05) is 23.7 Å². The topological polar surface area (TPSA) is 29.3 Å². The van der Waals surface area contributed by atoms with Crippen molar-refractivity contribution in [2.24, 2.45) is 0 Å². The number of halogens is 1. The van der Waals surface area contributed by atoms with Crippen molar-refractivity contribution >= 4 is 28.4 Å². The van der Waals surface area contributed by atoms with Crippen LogP contribution < -0.4 is 4.90 Å². The normalized spacial score (nSPS) is 15.0. The Kier molecular flexibility index (Phi) is 3.08. The van der Waals surface area contributed by atoms with Crippen LogP contribution >= 0.6 is 11.6 Å². The molecule has 0 aliphatic carbocycles. The quantitative estimate of drug-likeness (QED) is 0.684. The van der Waals surface area contributed by atoms with E-state index in [0.717, 1.165) is 29.8 Å². The average molecular weight is 299 g/mol. The minimum Gasteiger partial charge on any atom is -0.436 e. The van der Waals surface area contributed by atoms with Gasteiger partial charge in [-0.3, -0.25) is 0 Å². The van der Waals surface area contributed by atoms with Gasteiger partial charge in [0.1, 0.15) is 5.52 Å². The average Bonchev–Trinajstić information content (AvgIpc) is 3.16. The molecule has 0 N–H and O–H groups in total. The number of oxazole rings is 1. The van der Waals surface area contributed by atoms with Gasteiger partial charge < -0.3 is 9.32 Å². The van der Waals surface area contributed by atoms with Crippen LogP contribution in [0.2, 0.25) is 5.02 Å². The second kappa shape index (κ2) is 5.08. The molecular formula is C17H15ClN2O. The third-order valence-electron chi connectivity index (χ3n) is 3.95. The molecular weight excluding hydrogens is 284 g/mol. The Bertz CT molecular complexity index is 790. The van der Waals surface area contributed by atoms with E-state index in [-0.39, 0.29) is 0 Å². The van der Waals surface area contributed by atoms with Crippen LogP contribution in [-0.2, 0) is 0 Å². The van der Waals surface area contributed by atoms with E-state index >= 15 is 0 Å². The molecule has 106 valence electrons. The SMILES string of the molecule is Clc1ccccc1-c1nc2ccc(N3CCCC3)cc2o1. The number of hydrogen-bond donors (Lipinski definition) is 0. The second-order valence-corrected chi connectivity index (χ2v) is 5.75. The highest BCUT2D eigenvalue weighted by Gasteiger charge is 2.15. The summed E-state index contributed by atoms with van der Waals surface area (Å²) >= 11 is 6.21. The molecule has 1 fully saturated rings. The number of aromatic nitrogens is 1. The predicted molar refractivity (Wildman–Crippen MR) is 85.9 cm³/mol. The third kappa shape index (κ3) is 2.28. The number of nitrogens with zero attached hydrogens (tertiary/aromatic N) is 2. The van der Waals surface area contributed by atoms with E-state index in [1.54, 1.807) is 0 Å². The monoisotopic (exact) mass is 298 g/mol. The van der Waals surface area contributed by atoms with E-state index in [1.807, 2.05) is 30.3 Å². The van der Waals surface area contributed by atoms with E-state index in [9.17, 15) is 0 Å². The zero-order valence-corrected chi connectivity index (χ0v) is 12.3. The Morgan fingerprint density at radius 1 is 1.05 bits per heavy atom. The number of fused-ring (bicyclic) bond motifs is 1. The van der Waals surface area contributed by atoms with E-state index in [0.29, 0.717) is 10.9 Å². The first-order chi connectivity index (χ1) is 10.3. The lowest BCUT2D eigenvalue weighted by Crippen LogP contribution is -2.17. The Labute approximate surface area is 128 Å². The fourth-order valence-electron chi connectivity index (χ4n) is 2.84. The van der Waals surface area contributed by atoms with Crippen molar-refractivity contribution in [2.45, 2.75) is 12.8 Å². The highest BCUT2D eigenvalue weighted by Crippen LogP contribution is 2.31. The van der Waals surface area contributed by atoms with Gasteiger partial charge >= 0.3 is 0 Å². The van der Waals surface area contributed by atoms with Crippen molar-refractivity contribution in [3.05, 3.63) is 47.5 Å². The van der Waals surface area contributed by atoms with E-state index < -0.39 is 0 Å². The van der Waals surface area contributed by atoms with Crippen LogP contribution in [0.1, 0.15) is 12.8 Å². The molecule has 0 spiro atoms. The minimum atomic E-state index is 0.578. The van der Waals surface area contributed by atoms with Crippen molar-refractivity contribution in [1.29, 1.82) is 0 Å². The molecule has 0 saturated carbocycles. The van der Waals surface area contributed by atoms with E-state index in [4.69, 9.17) is 16.0 Å². The van der Waals surface area contributed by atoms with Gasteiger partial charge in [-0.05, 0) is 37.1 Å². The van der Waals surface area contributed by atoms with Crippen LogP contribution in [0.3, 0.4) is 0 Å². The summed E-state index contributed by atoms with van der Waals surface area (Å²) in [6.07, 6.45) is 2.53. The maximum Gasteiger partial charge on any atom is 0.228 e. The maximum atomic E-state index is 6.21. The lowest BCUT2D eigenvalue weighted by atomic mass is 10.2. The standard InChI is InChI=1S/C17H15ClN2O/c18-14-6-2-1-5-13(14)17-19-15-8-7-12(11-16(15)21-17)20-9-3-4-10-20/h1-2,5-8,11H,3-4,9-10H2. The smallest absolute Gasteiger partial charge is 0.228 e. The van der Waals surface area contributed by atoms with Crippen LogP contribution in [-0.4, -0.2) is 18.1 Å². The van der Waals surface area contributed by atoms with Gasteiger partial charge in [0.25, 0.3) is 0 Å². The van der Waals surface area contributed by atoms with Crippen molar-refractivity contribution < 1.29 is 4.42 Å². The maximum absolute atomic E-state index is 6.21. The summed E-state index contributed by atoms with van der Waals surface area (Å²) in [5, 5.41) is 0.656. The zero-order chi connectivity index (χ0) is 14.2. The van der Waals surface area contributed by atoms with Gasteiger partial charge in [0.15, 0.2) is 5.58 Å². The van der Waals surface area contributed by atoms with Gasteiger partial charge in [0, 0.05) is 24.8 Å². The molecule has 2 heterocycles. The Morgan fingerprint density at radius 3 is 2.67 bits per heavy atom. The summed E-state index contributed by atoms with van der Waals surface area (Å²) in [6, 6.07) is 13.8. The molecule has 1 aliphatic rings. The number of rotatable bonds is 2. The van der Waals surface area contributed by atoms with Crippen molar-refractivity contribution in [1.82, 2.24) is 4.98 Å². The second-order valence-electron chi connectivity index (χ2n) is 5.35. The van der Waals surface area contributed by atoms with Gasteiger partial charge in [0.2, 0.25) is 5.89 Å². The molecule has 1 saturated heterocycles. The molecule has 0 unspecified atom stereocenters. The summed E-state index contributed by atoms with van der Waals surface area (Å²) in [4.78, 5) is 6.93. The number of hydrogen-bond acceptors (Lipinski definition) is 3. The van der Waals surface area contributed by atoms with Crippen LogP contribution in [0.15, 0.2) is 46.9 Å². The first-order valence-electron chi connectivity index (χ1n) is 7.22. The lowest BCUT2D eigenvalue weighted by molar-refractivity contribution is 0.620. The molecule has 0 radical (unpaired) electrons. The van der Waals surface area contributed by atoms with Crippen LogP contribution in [0.25, 0.3) is 22.6 Å². The molecule has 0 amide bonds. The van der Waals surface area contributed by atoms with Crippen molar-refractivity contribution in [3.8, 4) is 11.5 Å². The fourth-order valence-corrected chi connectivity index (χ4v) is 3.05. The third-order valence-corrected chi connectivity index (χ3v) is 4.28. The highest BCUT2D eigenvalue weighted by atomic mass is 35.5. The first kappa shape index (κ1) is 12.7. The Morgan fingerprint density at radius 2 is 1.86 bits per heavy atom. The first-order valence-corrected chi connectivity index (χ1v) is 7.59. The summed E-state index contributed by atoms with van der Waals surface area (Å²) in [5.74, 6) is 0.578. The molecule has 1 aromatic heterocycles. The molecule has 4 heteroatoms. The molecule has 1 aliphatic heterocycles. The van der Waals surface area contributed by atoms with Crippen LogP contribution in [0.4, 0.5) is 5.69 Å². The molecule has 4 rings (SSSR count). The highest BCUT2D eigenvalue weighted by molar-refractivity contribution is 6.33. The zero-order valence-electron chi connectivity index (χ0n) is 11.6. The molecule has 3 aromatic rings. The largest absolute Gasteiger partial charge is 0.436 e. The Hall–Kier alpha value is -2.00. The molecule has 3 nitrogen and oxygen atoms in total. The Balaban J connectivity index is 1.78. The summed E-state index contributed by atoms with van der Waals surface area (Å²) in [7, 11) is 0. The number of benzene rings is 2. The van der Waals surface area contributed by atoms with Gasteiger partial charge in [-0.15, -0.1) is 0 Å². The minimum absolute atomic E-state index is 0.578. The van der Waals surface area contributed by atoms with E-state index in [2.05, 4.69) is 22.0 Å². The van der Waals surface area contributed by atoms with Crippen LogP contribution in [0.5, 0.6) is 0 Å². The lowest BCUT2D eigenvalue weighted by Gasteiger charge is -2.16. The van der Waals surface area contributed by atoms with Crippen molar-refractivity contribution in [2.75, 3.05) is 18.0 Å². The van der Waals surface area contributed by atoms with Crippen LogP contribution in [0, 0.1) is 0 Å².